The number of anilines is 1. The van der Waals surface area contributed by atoms with Crippen LogP contribution in [0.3, 0.4) is 0 Å². The fraction of sp³-hybridized carbons (Fsp3) is 0.211. The Labute approximate surface area is 180 Å². The van der Waals surface area contributed by atoms with E-state index >= 15 is 0 Å². The van der Waals surface area contributed by atoms with E-state index in [9.17, 15) is 4.79 Å². The lowest BCUT2D eigenvalue weighted by molar-refractivity contribution is -0.113. The third-order valence-electron chi connectivity index (χ3n) is 3.80. The summed E-state index contributed by atoms with van der Waals surface area (Å²) in [5.41, 5.74) is 1.65. The van der Waals surface area contributed by atoms with Crippen LogP contribution in [0.2, 0.25) is 5.02 Å². The van der Waals surface area contributed by atoms with Crippen molar-refractivity contribution in [2.24, 2.45) is 0 Å². The molecule has 0 aliphatic heterocycles. The fourth-order valence-electron chi connectivity index (χ4n) is 2.45. The first kappa shape index (κ1) is 20.9. The highest BCUT2D eigenvalue weighted by molar-refractivity contribution is 9.10. The van der Waals surface area contributed by atoms with Crippen molar-refractivity contribution in [1.82, 2.24) is 14.8 Å². The smallest absolute Gasteiger partial charge is 0.234 e. The molecular weight excluding hydrogens is 464 g/mol. The van der Waals surface area contributed by atoms with E-state index in [0.717, 1.165) is 15.7 Å². The highest BCUT2D eigenvalue weighted by atomic mass is 79.9. The largest absolute Gasteiger partial charge is 0.383 e. The van der Waals surface area contributed by atoms with Gasteiger partial charge >= 0.3 is 0 Å². The first-order chi connectivity index (χ1) is 13.6. The number of ether oxygens (including phenoxy) is 1. The van der Waals surface area contributed by atoms with E-state index in [1.54, 1.807) is 7.11 Å². The predicted octanol–water partition coefficient (Wildman–Crippen LogP) is 4.74. The molecular formula is C19H18BrClN4O2S. The molecule has 146 valence electrons. The molecule has 1 heterocycles. The number of nitrogens with one attached hydrogen (secondary N) is 1. The zero-order valence-corrected chi connectivity index (χ0v) is 18.2. The average Bonchev–Trinajstić information content (AvgIpc) is 3.10. The second-order valence-electron chi connectivity index (χ2n) is 5.80. The minimum Gasteiger partial charge on any atom is -0.383 e. The number of hydrogen-bond donors (Lipinski definition) is 1. The number of benzene rings is 2. The molecule has 0 unspecified atom stereocenters. The molecule has 0 saturated carbocycles. The van der Waals surface area contributed by atoms with E-state index in [1.807, 2.05) is 53.1 Å². The maximum Gasteiger partial charge on any atom is 0.234 e. The lowest BCUT2D eigenvalue weighted by Crippen LogP contribution is -2.15. The van der Waals surface area contributed by atoms with Crippen LogP contribution < -0.4 is 5.32 Å². The van der Waals surface area contributed by atoms with Crippen LogP contribution in [0.25, 0.3) is 11.4 Å². The Morgan fingerprint density at radius 2 is 1.89 bits per heavy atom. The van der Waals surface area contributed by atoms with Gasteiger partial charge in [-0.1, -0.05) is 39.3 Å². The van der Waals surface area contributed by atoms with Crippen LogP contribution in [0.1, 0.15) is 0 Å². The molecule has 6 nitrogen and oxygen atoms in total. The number of nitrogens with zero attached hydrogens (tertiary/aromatic N) is 3. The van der Waals surface area contributed by atoms with Crippen molar-refractivity contribution in [3.63, 3.8) is 0 Å². The number of carbonyl (C=O) groups is 1. The van der Waals surface area contributed by atoms with E-state index in [4.69, 9.17) is 16.3 Å². The van der Waals surface area contributed by atoms with Gasteiger partial charge in [-0.05, 0) is 48.5 Å². The number of halogens is 2. The first-order valence-electron chi connectivity index (χ1n) is 8.43. The lowest BCUT2D eigenvalue weighted by atomic mass is 10.2. The molecule has 28 heavy (non-hydrogen) atoms. The zero-order valence-electron chi connectivity index (χ0n) is 15.1. The molecule has 0 bridgehead atoms. The maximum atomic E-state index is 12.3. The van der Waals surface area contributed by atoms with Crippen molar-refractivity contribution in [3.8, 4) is 11.4 Å². The zero-order chi connectivity index (χ0) is 19.9. The number of hydrogen-bond acceptors (Lipinski definition) is 5. The molecule has 0 fully saturated rings. The Balaban J connectivity index is 1.71. The fourth-order valence-corrected chi connectivity index (χ4v) is 3.61. The van der Waals surface area contributed by atoms with E-state index in [1.165, 1.54) is 11.8 Å². The van der Waals surface area contributed by atoms with Crippen LogP contribution in [-0.4, -0.2) is 40.1 Å². The summed E-state index contributed by atoms with van der Waals surface area (Å²) in [4.78, 5) is 12.3. The third-order valence-corrected chi connectivity index (χ3v) is 5.55. The Hall–Kier alpha value is -1.87. The number of thioether (sulfide) groups is 1. The summed E-state index contributed by atoms with van der Waals surface area (Å²) in [6.45, 7) is 1.09. The molecule has 0 aliphatic carbocycles. The number of methoxy groups -OCH3 is 1. The third kappa shape index (κ3) is 5.57. The standard InChI is InChI=1S/C19H18BrClN4O2S/c1-27-11-10-25-18(13-2-6-15(21)7-3-13)23-24-19(25)28-12-17(26)22-16-8-4-14(20)5-9-16/h2-9H,10-12H2,1H3,(H,22,26). The topological polar surface area (TPSA) is 69.0 Å². The van der Waals surface area contributed by atoms with Gasteiger partial charge in [0.1, 0.15) is 0 Å². The molecule has 0 saturated heterocycles. The van der Waals surface area contributed by atoms with E-state index in [0.29, 0.717) is 29.2 Å². The molecule has 0 aliphatic rings. The number of amides is 1. The molecule has 0 atom stereocenters. The molecule has 1 N–H and O–H groups in total. The first-order valence-corrected chi connectivity index (χ1v) is 10.6. The highest BCUT2D eigenvalue weighted by Crippen LogP contribution is 2.25. The maximum absolute atomic E-state index is 12.3. The monoisotopic (exact) mass is 480 g/mol. The van der Waals surface area contributed by atoms with E-state index in [-0.39, 0.29) is 11.7 Å². The molecule has 3 aromatic rings. The van der Waals surface area contributed by atoms with Gasteiger partial charge in [-0.2, -0.15) is 0 Å². The normalized spacial score (nSPS) is 10.8. The molecule has 9 heteroatoms. The van der Waals surface area contributed by atoms with Gasteiger partial charge < -0.3 is 10.1 Å². The number of carbonyl (C=O) groups excluding carboxylic acids is 1. The van der Waals surface area contributed by atoms with Crippen LogP contribution >= 0.6 is 39.3 Å². The molecule has 0 spiro atoms. The minimum absolute atomic E-state index is 0.110. The molecule has 1 amide bonds. The van der Waals surface area contributed by atoms with Gasteiger partial charge in [0.15, 0.2) is 11.0 Å². The minimum atomic E-state index is -0.110. The Bertz CT molecular complexity index is 932. The summed E-state index contributed by atoms with van der Waals surface area (Å²) in [6, 6.07) is 14.8. The van der Waals surface area contributed by atoms with Gasteiger partial charge in [0.05, 0.1) is 18.9 Å². The van der Waals surface area contributed by atoms with Crippen molar-refractivity contribution in [2.45, 2.75) is 11.7 Å². The summed E-state index contributed by atoms with van der Waals surface area (Å²) in [7, 11) is 1.64. The van der Waals surface area contributed by atoms with Crippen LogP contribution in [-0.2, 0) is 16.1 Å². The summed E-state index contributed by atoms with van der Waals surface area (Å²) in [6.07, 6.45) is 0. The second-order valence-corrected chi connectivity index (χ2v) is 8.10. The van der Waals surface area contributed by atoms with Crippen LogP contribution in [0.15, 0.2) is 58.2 Å². The summed E-state index contributed by atoms with van der Waals surface area (Å²) >= 11 is 10.7. The number of aromatic nitrogens is 3. The summed E-state index contributed by atoms with van der Waals surface area (Å²) in [5, 5.41) is 12.7. The van der Waals surface area contributed by atoms with Gasteiger partial charge in [0.25, 0.3) is 0 Å². The molecule has 2 aromatic carbocycles. The molecule has 0 radical (unpaired) electrons. The van der Waals surface area contributed by atoms with Crippen LogP contribution in [0.5, 0.6) is 0 Å². The van der Waals surface area contributed by atoms with Crippen molar-refractivity contribution >= 4 is 50.9 Å². The van der Waals surface area contributed by atoms with E-state index in [2.05, 4.69) is 31.4 Å². The van der Waals surface area contributed by atoms with Crippen LogP contribution in [0, 0.1) is 0 Å². The van der Waals surface area contributed by atoms with Gasteiger partial charge in [-0.15, -0.1) is 10.2 Å². The predicted molar refractivity (Wildman–Crippen MR) is 116 cm³/mol. The van der Waals surface area contributed by atoms with Crippen molar-refractivity contribution < 1.29 is 9.53 Å². The van der Waals surface area contributed by atoms with Gasteiger partial charge in [0.2, 0.25) is 5.91 Å². The average molecular weight is 482 g/mol. The Kier molecular flexibility index (Phi) is 7.50. The lowest BCUT2D eigenvalue weighted by Gasteiger charge is -2.10. The molecule has 3 rings (SSSR count). The van der Waals surface area contributed by atoms with E-state index < -0.39 is 0 Å². The Morgan fingerprint density at radius 3 is 2.57 bits per heavy atom. The summed E-state index contributed by atoms with van der Waals surface area (Å²) < 4.78 is 8.11. The molecule has 1 aromatic heterocycles. The number of rotatable bonds is 8. The second kappa shape index (κ2) is 10.1. The SMILES string of the molecule is COCCn1c(SCC(=O)Nc2ccc(Br)cc2)nnc1-c1ccc(Cl)cc1. The van der Waals surface area contributed by atoms with Crippen molar-refractivity contribution in [1.29, 1.82) is 0 Å². The quantitative estimate of drug-likeness (QED) is 0.471. The van der Waals surface area contributed by atoms with Crippen molar-refractivity contribution in [3.05, 3.63) is 58.0 Å². The van der Waals surface area contributed by atoms with Crippen molar-refractivity contribution in [2.75, 3.05) is 24.8 Å². The van der Waals surface area contributed by atoms with Gasteiger partial charge in [-0.25, -0.2) is 0 Å². The summed E-state index contributed by atoms with van der Waals surface area (Å²) in [5.74, 6) is 0.827. The van der Waals surface area contributed by atoms with Crippen LogP contribution in [0.4, 0.5) is 5.69 Å². The highest BCUT2D eigenvalue weighted by Gasteiger charge is 2.15. The van der Waals surface area contributed by atoms with Gasteiger partial charge in [0, 0.05) is 27.9 Å². The van der Waals surface area contributed by atoms with Gasteiger partial charge in [-0.3, -0.25) is 9.36 Å². The Morgan fingerprint density at radius 1 is 1.18 bits per heavy atom.